The van der Waals surface area contributed by atoms with Gasteiger partial charge in [0.15, 0.2) is 0 Å². The second-order valence-electron chi connectivity index (χ2n) is 3.07. The van der Waals surface area contributed by atoms with E-state index in [1.165, 1.54) is 0 Å². The van der Waals surface area contributed by atoms with Crippen molar-refractivity contribution in [3.05, 3.63) is 36.0 Å². The molecule has 1 aromatic carbocycles. The molecule has 0 aliphatic carbocycles. The molecule has 2 rings (SSSR count). The van der Waals surface area contributed by atoms with Crippen LogP contribution in [-0.4, -0.2) is 13.4 Å². The van der Waals surface area contributed by atoms with Gasteiger partial charge in [0.05, 0.1) is 0 Å². The smallest absolute Gasteiger partial charge is 0.308 e. The Kier molecular flexibility index (Phi) is 2.03. The van der Waals surface area contributed by atoms with Crippen molar-refractivity contribution < 1.29 is 12.3 Å². The maximum absolute atomic E-state index is 12.4. The SMILES string of the molecule is O=S(=O)(F)Cc1cc2ccccc2[nH]1. The third kappa shape index (κ3) is 1.93. The van der Waals surface area contributed by atoms with E-state index in [0.29, 0.717) is 5.69 Å². The Bertz CT molecular complexity index is 526. The molecule has 2 aromatic rings. The van der Waals surface area contributed by atoms with Gasteiger partial charge in [0.25, 0.3) is 0 Å². The van der Waals surface area contributed by atoms with Crippen LogP contribution < -0.4 is 0 Å². The maximum Gasteiger partial charge on any atom is 0.308 e. The Morgan fingerprint density at radius 2 is 2.00 bits per heavy atom. The molecule has 5 heteroatoms. The summed E-state index contributed by atoms with van der Waals surface area (Å²) in [6.45, 7) is 0. The lowest BCUT2D eigenvalue weighted by Gasteiger charge is -1.89. The number of para-hydroxylation sites is 1. The average Bonchev–Trinajstić information content (AvgIpc) is 2.42. The molecule has 0 aliphatic rings. The van der Waals surface area contributed by atoms with E-state index < -0.39 is 16.0 Å². The Hall–Kier alpha value is -1.36. The minimum absolute atomic E-state index is 0.369. The van der Waals surface area contributed by atoms with Gasteiger partial charge in [0.1, 0.15) is 5.75 Å². The summed E-state index contributed by atoms with van der Waals surface area (Å²) in [6.07, 6.45) is 0. The molecular formula is C9H8FNO2S. The third-order valence-electron chi connectivity index (χ3n) is 1.91. The van der Waals surface area contributed by atoms with Crippen LogP contribution in [0.25, 0.3) is 10.9 Å². The molecule has 1 aromatic heterocycles. The van der Waals surface area contributed by atoms with Gasteiger partial charge < -0.3 is 4.98 Å². The summed E-state index contributed by atoms with van der Waals surface area (Å²) in [4.78, 5) is 2.83. The van der Waals surface area contributed by atoms with E-state index in [0.717, 1.165) is 10.9 Å². The van der Waals surface area contributed by atoms with Gasteiger partial charge in [-0.05, 0) is 17.5 Å². The van der Waals surface area contributed by atoms with Crippen LogP contribution in [0.3, 0.4) is 0 Å². The van der Waals surface area contributed by atoms with E-state index in [4.69, 9.17) is 0 Å². The number of aromatic amines is 1. The first-order valence-corrected chi connectivity index (χ1v) is 5.59. The minimum atomic E-state index is -4.46. The van der Waals surface area contributed by atoms with Crippen LogP contribution in [0.4, 0.5) is 3.89 Å². The summed E-state index contributed by atoms with van der Waals surface area (Å²) >= 11 is 0. The number of aromatic nitrogens is 1. The van der Waals surface area contributed by atoms with E-state index >= 15 is 0 Å². The summed E-state index contributed by atoms with van der Waals surface area (Å²) in [7, 11) is -4.46. The molecule has 1 heterocycles. The van der Waals surface area contributed by atoms with Gasteiger partial charge in [-0.3, -0.25) is 0 Å². The number of nitrogens with one attached hydrogen (secondary N) is 1. The quantitative estimate of drug-likeness (QED) is 0.775. The summed E-state index contributed by atoms with van der Waals surface area (Å²) in [5.74, 6) is -0.596. The fourth-order valence-corrected chi connectivity index (χ4v) is 1.92. The molecule has 14 heavy (non-hydrogen) atoms. The van der Waals surface area contributed by atoms with E-state index in [9.17, 15) is 12.3 Å². The van der Waals surface area contributed by atoms with Crippen LogP contribution in [-0.2, 0) is 16.0 Å². The lowest BCUT2D eigenvalue weighted by atomic mass is 10.2. The molecular weight excluding hydrogens is 205 g/mol. The first-order chi connectivity index (χ1) is 6.54. The van der Waals surface area contributed by atoms with E-state index in [1.807, 2.05) is 24.3 Å². The lowest BCUT2D eigenvalue weighted by molar-refractivity contribution is 0.550. The summed E-state index contributed by atoms with van der Waals surface area (Å²) < 4.78 is 33.1. The average molecular weight is 213 g/mol. The maximum atomic E-state index is 12.4. The second-order valence-corrected chi connectivity index (χ2v) is 4.43. The molecule has 0 aliphatic heterocycles. The lowest BCUT2D eigenvalue weighted by Crippen LogP contribution is -1.95. The summed E-state index contributed by atoms with van der Waals surface area (Å²) in [5, 5.41) is 0.881. The normalized spacial score (nSPS) is 12.1. The molecule has 0 atom stereocenters. The van der Waals surface area contributed by atoms with Gasteiger partial charge in [0.2, 0.25) is 0 Å². The van der Waals surface area contributed by atoms with Crippen LogP contribution in [0.15, 0.2) is 30.3 Å². The van der Waals surface area contributed by atoms with Crippen molar-refractivity contribution in [2.24, 2.45) is 0 Å². The predicted molar refractivity (Wildman–Crippen MR) is 52.0 cm³/mol. The minimum Gasteiger partial charge on any atom is -0.357 e. The Morgan fingerprint density at radius 1 is 1.29 bits per heavy atom. The number of fused-ring (bicyclic) bond motifs is 1. The molecule has 0 amide bonds. The van der Waals surface area contributed by atoms with Crippen molar-refractivity contribution in [3.8, 4) is 0 Å². The molecule has 0 saturated heterocycles. The zero-order valence-electron chi connectivity index (χ0n) is 7.20. The molecule has 74 valence electrons. The Morgan fingerprint density at radius 3 is 2.64 bits per heavy atom. The van der Waals surface area contributed by atoms with E-state index in [2.05, 4.69) is 4.98 Å². The predicted octanol–water partition coefficient (Wildman–Crippen LogP) is 1.97. The van der Waals surface area contributed by atoms with Crippen LogP contribution in [0, 0.1) is 0 Å². The number of benzene rings is 1. The van der Waals surface area contributed by atoms with Gasteiger partial charge >= 0.3 is 10.2 Å². The zero-order chi connectivity index (χ0) is 10.2. The van der Waals surface area contributed by atoms with E-state index in [-0.39, 0.29) is 0 Å². The molecule has 0 unspecified atom stereocenters. The van der Waals surface area contributed by atoms with Gasteiger partial charge in [-0.1, -0.05) is 18.2 Å². The number of hydrogen-bond donors (Lipinski definition) is 1. The highest BCUT2D eigenvalue weighted by Crippen LogP contribution is 2.16. The van der Waals surface area contributed by atoms with Crippen LogP contribution in [0.5, 0.6) is 0 Å². The van der Waals surface area contributed by atoms with Crippen LogP contribution >= 0.6 is 0 Å². The Balaban J connectivity index is 2.46. The van der Waals surface area contributed by atoms with Crippen LogP contribution in [0.2, 0.25) is 0 Å². The van der Waals surface area contributed by atoms with Gasteiger partial charge in [0, 0.05) is 11.2 Å². The van der Waals surface area contributed by atoms with Crippen molar-refractivity contribution in [2.45, 2.75) is 5.75 Å². The van der Waals surface area contributed by atoms with Gasteiger partial charge in [-0.25, -0.2) is 0 Å². The molecule has 0 radical (unpaired) electrons. The standard InChI is InChI=1S/C9H8FNO2S/c10-14(12,13)6-8-5-7-3-1-2-4-9(7)11-8/h1-5,11H,6H2. The zero-order valence-corrected chi connectivity index (χ0v) is 8.01. The van der Waals surface area contributed by atoms with Gasteiger partial charge in [-0.2, -0.15) is 8.42 Å². The first-order valence-electron chi connectivity index (χ1n) is 4.03. The van der Waals surface area contributed by atoms with Crippen molar-refractivity contribution in [1.82, 2.24) is 4.98 Å². The van der Waals surface area contributed by atoms with E-state index in [1.54, 1.807) is 6.07 Å². The number of H-pyrrole nitrogens is 1. The molecule has 1 N–H and O–H groups in total. The van der Waals surface area contributed by atoms with Crippen molar-refractivity contribution >= 4 is 21.1 Å². The molecule has 0 bridgehead atoms. The number of halogens is 1. The second kappa shape index (κ2) is 3.09. The summed E-state index contributed by atoms with van der Waals surface area (Å²) in [5.41, 5.74) is 1.18. The van der Waals surface area contributed by atoms with Crippen molar-refractivity contribution in [3.63, 3.8) is 0 Å². The molecule has 0 fully saturated rings. The number of rotatable bonds is 2. The number of hydrogen-bond acceptors (Lipinski definition) is 2. The monoisotopic (exact) mass is 213 g/mol. The highest BCUT2D eigenvalue weighted by atomic mass is 32.3. The van der Waals surface area contributed by atoms with Crippen LogP contribution in [0.1, 0.15) is 5.69 Å². The first kappa shape index (κ1) is 9.21. The highest BCUT2D eigenvalue weighted by molar-refractivity contribution is 7.85. The molecule has 0 saturated carbocycles. The molecule has 0 spiro atoms. The van der Waals surface area contributed by atoms with Crippen molar-refractivity contribution in [2.75, 3.05) is 0 Å². The fourth-order valence-electron chi connectivity index (χ4n) is 1.40. The fraction of sp³-hybridized carbons (Fsp3) is 0.111. The highest BCUT2D eigenvalue weighted by Gasteiger charge is 2.10. The third-order valence-corrected chi connectivity index (χ3v) is 2.57. The largest absolute Gasteiger partial charge is 0.357 e. The summed E-state index contributed by atoms with van der Waals surface area (Å²) in [6, 6.07) is 8.94. The van der Waals surface area contributed by atoms with Gasteiger partial charge in [-0.15, -0.1) is 3.89 Å². The topological polar surface area (TPSA) is 49.9 Å². The Labute approximate surface area is 80.8 Å². The molecule has 3 nitrogen and oxygen atoms in total. The van der Waals surface area contributed by atoms with Crippen molar-refractivity contribution in [1.29, 1.82) is 0 Å².